The summed E-state index contributed by atoms with van der Waals surface area (Å²) < 4.78 is 16.7. The molecule has 1 aliphatic rings. The summed E-state index contributed by atoms with van der Waals surface area (Å²) in [6.45, 7) is 0. The third-order valence-electron chi connectivity index (χ3n) is 3.47. The van der Waals surface area contributed by atoms with Gasteiger partial charge in [-0.25, -0.2) is 9.79 Å². The number of esters is 1. The van der Waals surface area contributed by atoms with Crippen LogP contribution < -0.4 is 9.47 Å². The largest absolute Gasteiger partial charge is 0.493 e. The molecular weight excluding hydrogens is 457 g/mol. The van der Waals surface area contributed by atoms with Gasteiger partial charge < -0.3 is 14.2 Å². The van der Waals surface area contributed by atoms with Gasteiger partial charge in [0.1, 0.15) is 0 Å². The topological polar surface area (TPSA) is 57.1 Å². The van der Waals surface area contributed by atoms with Crippen LogP contribution in [-0.4, -0.2) is 26.1 Å². The van der Waals surface area contributed by atoms with E-state index >= 15 is 0 Å². The molecule has 1 aliphatic heterocycles. The van der Waals surface area contributed by atoms with E-state index in [4.69, 9.17) is 25.8 Å². The highest BCUT2D eigenvalue weighted by atomic mass is 127. The van der Waals surface area contributed by atoms with E-state index in [0.29, 0.717) is 22.1 Å². The zero-order chi connectivity index (χ0) is 18.0. The molecule has 7 heteroatoms. The molecule has 3 rings (SSSR count). The molecule has 0 atom stereocenters. The van der Waals surface area contributed by atoms with Crippen molar-refractivity contribution in [1.82, 2.24) is 0 Å². The van der Waals surface area contributed by atoms with Crippen LogP contribution in [0.3, 0.4) is 0 Å². The standard InChI is InChI=1S/C18H13ClINO4/c1-23-15-9-10(7-13(20)16(15)24-2)8-14-18(22)25-17(21-14)11-3-5-12(19)6-4-11/h3-9H,1-2H3. The second-order valence-electron chi connectivity index (χ2n) is 5.08. The van der Waals surface area contributed by atoms with Gasteiger partial charge in [0, 0.05) is 10.6 Å². The molecule has 0 saturated heterocycles. The highest BCUT2D eigenvalue weighted by Crippen LogP contribution is 2.34. The van der Waals surface area contributed by atoms with Crippen LogP contribution in [0.2, 0.25) is 5.02 Å². The predicted octanol–water partition coefficient (Wildman–Crippen LogP) is 4.31. The number of methoxy groups -OCH3 is 2. The minimum Gasteiger partial charge on any atom is -0.493 e. The van der Waals surface area contributed by atoms with Gasteiger partial charge in [0.05, 0.1) is 17.8 Å². The number of hydrogen-bond acceptors (Lipinski definition) is 5. The van der Waals surface area contributed by atoms with Crippen molar-refractivity contribution in [3.8, 4) is 11.5 Å². The second kappa shape index (κ2) is 7.45. The second-order valence-corrected chi connectivity index (χ2v) is 6.68. The van der Waals surface area contributed by atoms with Gasteiger partial charge in [-0.3, -0.25) is 0 Å². The average Bonchev–Trinajstić information content (AvgIpc) is 2.95. The molecule has 0 spiro atoms. The van der Waals surface area contributed by atoms with Crippen molar-refractivity contribution in [3.63, 3.8) is 0 Å². The summed E-state index contributed by atoms with van der Waals surface area (Å²) in [7, 11) is 3.14. The predicted molar refractivity (Wildman–Crippen MR) is 104 cm³/mol. The van der Waals surface area contributed by atoms with Crippen molar-refractivity contribution in [2.24, 2.45) is 4.99 Å². The summed E-state index contributed by atoms with van der Waals surface area (Å²) in [6, 6.07) is 10.6. The highest BCUT2D eigenvalue weighted by molar-refractivity contribution is 14.1. The van der Waals surface area contributed by atoms with Crippen molar-refractivity contribution in [2.45, 2.75) is 0 Å². The molecule has 0 saturated carbocycles. The number of hydrogen-bond donors (Lipinski definition) is 0. The normalized spacial score (nSPS) is 15.1. The van der Waals surface area contributed by atoms with E-state index in [1.165, 1.54) is 0 Å². The number of carbonyl (C=O) groups excluding carboxylic acids is 1. The first kappa shape index (κ1) is 17.8. The fourth-order valence-corrected chi connectivity index (χ4v) is 3.28. The van der Waals surface area contributed by atoms with Crippen LogP contribution in [0.1, 0.15) is 11.1 Å². The van der Waals surface area contributed by atoms with E-state index in [-0.39, 0.29) is 11.6 Å². The maximum atomic E-state index is 12.1. The lowest BCUT2D eigenvalue weighted by Crippen LogP contribution is -2.05. The number of benzene rings is 2. The molecule has 2 aromatic rings. The molecule has 0 aromatic heterocycles. The molecule has 0 radical (unpaired) electrons. The van der Waals surface area contributed by atoms with E-state index in [1.54, 1.807) is 50.6 Å². The maximum Gasteiger partial charge on any atom is 0.363 e. The Kier molecular flexibility index (Phi) is 5.29. The zero-order valence-corrected chi connectivity index (χ0v) is 16.3. The minimum atomic E-state index is -0.505. The van der Waals surface area contributed by atoms with Crippen LogP contribution in [0.5, 0.6) is 11.5 Å². The van der Waals surface area contributed by atoms with Gasteiger partial charge in [0.2, 0.25) is 5.90 Å². The first-order chi connectivity index (χ1) is 12.0. The van der Waals surface area contributed by atoms with Gasteiger partial charge in [0.25, 0.3) is 0 Å². The van der Waals surface area contributed by atoms with Crippen molar-refractivity contribution in [1.29, 1.82) is 0 Å². The van der Waals surface area contributed by atoms with E-state index in [0.717, 1.165) is 9.13 Å². The average molecular weight is 470 g/mol. The summed E-state index contributed by atoms with van der Waals surface area (Å²) in [5, 5.41) is 0.601. The third-order valence-corrected chi connectivity index (χ3v) is 4.52. The number of rotatable bonds is 4. The molecule has 0 N–H and O–H groups in total. The lowest BCUT2D eigenvalue weighted by Gasteiger charge is -2.10. The molecule has 0 amide bonds. The number of aliphatic imine (C=N–C) groups is 1. The molecule has 0 fully saturated rings. The van der Waals surface area contributed by atoms with Crippen LogP contribution in [0.25, 0.3) is 6.08 Å². The van der Waals surface area contributed by atoms with Gasteiger partial charge >= 0.3 is 5.97 Å². The van der Waals surface area contributed by atoms with Crippen LogP contribution in [0.15, 0.2) is 47.1 Å². The molecule has 25 heavy (non-hydrogen) atoms. The molecule has 0 unspecified atom stereocenters. The van der Waals surface area contributed by atoms with Crippen molar-refractivity contribution in [2.75, 3.05) is 14.2 Å². The Morgan fingerprint density at radius 1 is 1.16 bits per heavy atom. The number of carbonyl (C=O) groups is 1. The smallest absolute Gasteiger partial charge is 0.363 e. The monoisotopic (exact) mass is 469 g/mol. The first-order valence-corrected chi connectivity index (χ1v) is 8.67. The van der Waals surface area contributed by atoms with Crippen molar-refractivity contribution < 1.29 is 19.0 Å². The zero-order valence-electron chi connectivity index (χ0n) is 13.4. The molecule has 1 heterocycles. The van der Waals surface area contributed by atoms with Crippen LogP contribution in [0, 0.1) is 3.57 Å². The molecule has 128 valence electrons. The highest BCUT2D eigenvalue weighted by Gasteiger charge is 2.24. The molecule has 2 aromatic carbocycles. The number of halogens is 2. The van der Waals surface area contributed by atoms with E-state index in [2.05, 4.69) is 27.6 Å². The number of ether oxygens (including phenoxy) is 3. The summed E-state index contributed by atoms with van der Waals surface area (Å²) in [5.74, 6) is 0.969. The van der Waals surface area contributed by atoms with Crippen molar-refractivity contribution >= 4 is 52.1 Å². The summed E-state index contributed by atoms with van der Waals surface area (Å²) in [6.07, 6.45) is 1.65. The van der Waals surface area contributed by atoms with Gasteiger partial charge in [0.15, 0.2) is 17.2 Å². The van der Waals surface area contributed by atoms with E-state index < -0.39 is 5.97 Å². The third kappa shape index (κ3) is 3.80. The molecule has 0 bridgehead atoms. The van der Waals surface area contributed by atoms with Crippen LogP contribution in [-0.2, 0) is 9.53 Å². The SMILES string of the molecule is COc1cc(C=C2N=C(c3ccc(Cl)cc3)OC2=O)cc(I)c1OC. The Morgan fingerprint density at radius 2 is 1.88 bits per heavy atom. The molecule has 0 aliphatic carbocycles. The number of cyclic esters (lactones) is 1. The first-order valence-electron chi connectivity index (χ1n) is 7.22. The fraction of sp³-hybridized carbons (Fsp3) is 0.111. The maximum absolute atomic E-state index is 12.1. The van der Waals surface area contributed by atoms with Gasteiger partial charge in [-0.2, -0.15) is 0 Å². The lowest BCUT2D eigenvalue weighted by atomic mass is 10.1. The van der Waals surface area contributed by atoms with Crippen molar-refractivity contribution in [3.05, 3.63) is 61.8 Å². The lowest BCUT2D eigenvalue weighted by molar-refractivity contribution is -0.129. The van der Waals surface area contributed by atoms with Crippen LogP contribution in [0.4, 0.5) is 0 Å². The van der Waals surface area contributed by atoms with E-state index in [1.807, 2.05) is 6.07 Å². The minimum absolute atomic E-state index is 0.216. The Hall–Kier alpha value is -2.06. The van der Waals surface area contributed by atoms with Gasteiger partial charge in [-0.15, -0.1) is 0 Å². The van der Waals surface area contributed by atoms with Gasteiger partial charge in [-0.05, 0) is 70.6 Å². The Morgan fingerprint density at radius 3 is 2.52 bits per heavy atom. The summed E-state index contributed by atoms with van der Waals surface area (Å²) >= 11 is 8.01. The quantitative estimate of drug-likeness (QED) is 0.380. The molecular formula is C18H13ClINO4. The molecule has 5 nitrogen and oxygen atoms in total. The summed E-state index contributed by atoms with van der Waals surface area (Å²) in [5.41, 5.74) is 1.66. The fourth-order valence-electron chi connectivity index (χ4n) is 2.30. The van der Waals surface area contributed by atoms with E-state index in [9.17, 15) is 4.79 Å². The number of nitrogens with zero attached hydrogens (tertiary/aromatic N) is 1. The Labute approximate surface area is 163 Å². The Bertz CT molecular complexity index is 891. The summed E-state index contributed by atoms with van der Waals surface area (Å²) in [4.78, 5) is 16.4. The van der Waals surface area contributed by atoms with Crippen LogP contribution >= 0.6 is 34.2 Å². The Balaban J connectivity index is 1.97. The van der Waals surface area contributed by atoms with Gasteiger partial charge in [-0.1, -0.05) is 11.6 Å².